The van der Waals surface area contributed by atoms with Gasteiger partial charge in [0.05, 0.1) is 6.10 Å². The van der Waals surface area contributed by atoms with Crippen LogP contribution in [0.1, 0.15) is 26.7 Å². The van der Waals surface area contributed by atoms with Gasteiger partial charge >= 0.3 is 6.03 Å². The van der Waals surface area contributed by atoms with E-state index in [1.54, 1.807) is 4.90 Å². The Kier molecular flexibility index (Phi) is 2.65. The van der Waals surface area contributed by atoms with E-state index in [0.717, 1.165) is 19.4 Å². The highest BCUT2D eigenvalue weighted by Gasteiger charge is 2.41. The van der Waals surface area contributed by atoms with Crippen LogP contribution >= 0.6 is 0 Å². The molecule has 2 rings (SSSR count). The van der Waals surface area contributed by atoms with Crippen LogP contribution in [0.5, 0.6) is 0 Å². The third-order valence-corrected chi connectivity index (χ3v) is 2.92. The Morgan fingerprint density at radius 3 is 2.87 bits per heavy atom. The van der Waals surface area contributed by atoms with Crippen LogP contribution in [0.3, 0.4) is 0 Å². The molecule has 15 heavy (non-hydrogen) atoms. The molecule has 2 N–H and O–H groups in total. The maximum absolute atomic E-state index is 11.6. The van der Waals surface area contributed by atoms with Crippen LogP contribution in [0.25, 0.3) is 0 Å². The molecule has 0 aromatic carbocycles. The van der Waals surface area contributed by atoms with Crippen molar-refractivity contribution in [3.63, 3.8) is 0 Å². The molecule has 0 spiro atoms. The van der Waals surface area contributed by atoms with Gasteiger partial charge in [0.1, 0.15) is 11.9 Å². The van der Waals surface area contributed by atoms with E-state index in [1.165, 1.54) is 0 Å². The van der Waals surface area contributed by atoms with Gasteiger partial charge in [-0.3, -0.25) is 0 Å². The first-order valence-electron chi connectivity index (χ1n) is 5.39. The second-order valence-electron chi connectivity index (χ2n) is 4.32. The summed E-state index contributed by atoms with van der Waals surface area (Å²) >= 11 is 0. The molecule has 0 aliphatic carbocycles. The maximum Gasteiger partial charge on any atom is 0.346 e. The number of amides is 2. The van der Waals surface area contributed by atoms with Crippen LogP contribution in [0.15, 0.2) is 4.99 Å². The molecule has 2 amide bonds. The van der Waals surface area contributed by atoms with E-state index in [4.69, 9.17) is 10.5 Å². The van der Waals surface area contributed by atoms with E-state index in [9.17, 15) is 4.79 Å². The molecule has 0 saturated carbocycles. The number of carbonyl (C=O) groups is 1. The number of nitrogens with zero attached hydrogens (tertiary/aromatic N) is 2. The largest absolute Gasteiger partial charge is 0.385 e. The fourth-order valence-electron chi connectivity index (χ4n) is 2.26. The van der Waals surface area contributed by atoms with Crippen molar-refractivity contribution in [2.75, 3.05) is 6.61 Å². The van der Waals surface area contributed by atoms with Crippen molar-refractivity contribution in [2.45, 2.75) is 44.9 Å². The van der Waals surface area contributed by atoms with Gasteiger partial charge < -0.3 is 15.4 Å². The van der Waals surface area contributed by atoms with Crippen LogP contribution in [0, 0.1) is 0 Å². The van der Waals surface area contributed by atoms with Gasteiger partial charge in [-0.25, -0.2) is 4.79 Å². The van der Waals surface area contributed by atoms with E-state index >= 15 is 0 Å². The summed E-state index contributed by atoms with van der Waals surface area (Å²) in [6.07, 6.45) is 2.02. The van der Waals surface area contributed by atoms with Gasteiger partial charge in [0.25, 0.3) is 0 Å². The number of urea groups is 1. The SMILES string of the molecule is CC(C)N1C(=O)N=C(N)C1C1CCCO1. The average molecular weight is 211 g/mol. The van der Waals surface area contributed by atoms with Gasteiger partial charge in [-0.05, 0) is 26.7 Å². The van der Waals surface area contributed by atoms with Crippen molar-refractivity contribution in [1.29, 1.82) is 0 Å². The molecule has 1 saturated heterocycles. The Morgan fingerprint density at radius 1 is 1.60 bits per heavy atom. The van der Waals surface area contributed by atoms with Crippen molar-refractivity contribution < 1.29 is 9.53 Å². The van der Waals surface area contributed by atoms with Crippen molar-refractivity contribution in [3.8, 4) is 0 Å². The summed E-state index contributed by atoms with van der Waals surface area (Å²) in [5.41, 5.74) is 5.78. The molecule has 0 bridgehead atoms. The predicted octanol–water partition coefficient (Wildman–Crippen LogP) is 0.735. The molecule has 0 radical (unpaired) electrons. The molecule has 2 heterocycles. The summed E-state index contributed by atoms with van der Waals surface area (Å²) in [5.74, 6) is 0.403. The summed E-state index contributed by atoms with van der Waals surface area (Å²) in [7, 11) is 0. The minimum absolute atomic E-state index is 0.0302. The van der Waals surface area contributed by atoms with Gasteiger partial charge in [-0.2, -0.15) is 4.99 Å². The van der Waals surface area contributed by atoms with Crippen LogP contribution in [-0.4, -0.2) is 41.6 Å². The second-order valence-corrected chi connectivity index (χ2v) is 4.32. The first kappa shape index (κ1) is 10.4. The molecule has 2 aliphatic rings. The first-order valence-corrected chi connectivity index (χ1v) is 5.39. The molecular weight excluding hydrogens is 194 g/mol. The molecular formula is C10H17N3O2. The van der Waals surface area contributed by atoms with Crippen LogP contribution in [0.4, 0.5) is 4.79 Å². The lowest BCUT2D eigenvalue weighted by atomic mass is 10.1. The fourth-order valence-corrected chi connectivity index (χ4v) is 2.26. The monoisotopic (exact) mass is 211 g/mol. The fraction of sp³-hybridized carbons (Fsp3) is 0.800. The van der Waals surface area contributed by atoms with E-state index in [0.29, 0.717) is 5.84 Å². The molecule has 0 aromatic heterocycles. The van der Waals surface area contributed by atoms with Crippen molar-refractivity contribution in [3.05, 3.63) is 0 Å². The maximum atomic E-state index is 11.6. The first-order chi connectivity index (χ1) is 7.11. The number of hydrogen-bond acceptors (Lipinski definition) is 3. The molecule has 2 atom stereocenters. The minimum Gasteiger partial charge on any atom is -0.385 e. The Hall–Kier alpha value is -1.10. The molecule has 0 aromatic rings. The zero-order valence-corrected chi connectivity index (χ0v) is 9.14. The summed E-state index contributed by atoms with van der Waals surface area (Å²) in [5, 5.41) is 0. The van der Waals surface area contributed by atoms with Gasteiger partial charge in [0, 0.05) is 12.6 Å². The third kappa shape index (κ3) is 1.71. The Morgan fingerprint density at radius 2 is 2.33 bits per heavy atom. The Labute approximate surface area is 89.3 Å². The number of ether oxygens (including phenoxy) is 1. The highest BCUT2D eigenvalue weighted by Crippen LogP contribution is 2.25. The Balaban J connectivity index is 2.19. The van der Waals surface area contributed by atoms with E-state index in [2.05, 4.69) is 4.99 Å². The summed E-state index contributed by atoms with van der Waals surface area (Å²) < 4.78 is 5.58. The number of rotatable bonds is 2. The number of amidine groups is 1. The second kappa shape index (κ2) is 3.81. The van der Waals surface area contributed by atoms with Crippen molar-refractivity contribution in [1.82, 2.24) is 4.90 Å². The highest BCUT2D eigenvalue weighted by molar-refractivity contribution is 6.03. The molecule has 1 fully saturated rings. The van der Waals surface area contributed by atoms with Crippen LogP contribution in [0.2, 0.25) is 0 Å². The number of carbonyl (C=O) groups excluding carboxylic acids is 1. The molecule has 2 unspecified atom stereocenters. The quantitative estimate of drug-likeness (QED) is 0.732. The van der Waals surface area contributed by atoms with Crippen molar-refractivity contribution in [2.24, 2.45) is 10.7 Å². The topological polar surface area (TPSA) is 67.9 Å². The van der Waals surface area contributed by atoms with E-state index < -0.39 is 0 Å². The smallest absolute Gasteiger partial charge is 0.346 e. The summed E-state index contributed by atoms with van der Waals surface area (Å²) in [4.78, 5) is 17.1. The lowest BCUT2D eigenvalue weighted by Crippen LogP contribution is -2.50. The normalized spacial score (nSPS) is 31.5. The molecule has 84 valence electrons. The Bertz CT molecular complexity index is 295. The standard InChI is InChI=1S/C10H17N3O2/c1-6(2)13-8(7-4-3-5-15-7)9(11)12-10(13)14/h6-8H,3-5H2,1-2H3,(H2,11,12,14). The van der Waals surface area contributed by atoms with Crippen LogP contribution in [-0.2, 0) is 4.74 Å². The summed E-state index contributed by atoms with van der Waals surface area (Å²) in [6, 6.07) is -0.278. The van der Waals surface area contributed by atoms with Gasteiger partial charge in [-0.1, -0.05) is 0 Å². The lowest BCUT2D eigenvalue weighted by Gasteiger charge is -2.31. The van der Waals surface area contributed by atoms with Gasteiger partial charge in [0.2, 0.25) is 0 Å². The molecule has 5 heteroatoms. The molecule has 5 nitrogen and oxygen atoms in total. The predicted molar refractivity (Wildman–Crippen MR) is 56.8 cm³/mol. The number of nitrogens with two attached hydrogens (primary N) is 1. The van der Waals surface area contributed by atoms with E-state index in [-0.39, 0.29) is 24.2 Å². The third-order valence-electron chi connectivity index (χ3n) is 2.92. The number of aliphatic imine (C=N–C) groups is 1. The van der Waals surface area contributed by atoms with Gasteiger partial charge in [-0.15, -0.1) is 0 Å². The average Bonchev–Trinajstić information content (AvgIpc) is 2.71. The highest BCUT2D eigenvalue weighted by atomic mass is 16.5. The summed E-state index contributed by atoms with van der Waals surface area (Å²) in [6.45, 7) is 4.69. The van der Waals surface area contributed by atoms with Crippen molar-refractivity contribution >= 4 is 11.9 Å². The lowest BCUT2D eigenvalue weighted by molar-refractivity contribution is 0.0591. The zero-order valence-electron chi connectivity index (χ0n) is 9.14. The minimum atomic E-state index is -0.233. The molecule has 2 aliphatic heterocycles. The number of hydrogen-bond donors (Lipinski definition) is 1. The van der Waals surface area contributed by atoms with Gasteiger partial charge in [0.15, 0.2) is 0 Å². The van der Waals surface area contributed by atoms with E-state index in [1.807, 2.05) is 13.8 Å². The van der Waals surface area contributed by atoms with Crippen LogP contribution < -0.4 is 5.73 Å². The zero-order chi connectivity index (χ0) is 11.0.